The van der Waals surface area contributed by atoms with Crippen LogP contribution in [-0.2, 0) is 14.4 Å². The first kappa shape index (κ1) is 35.3. The number of benzene rings is 2. The topological polar surface area (TPSA) is 132 Å². The van der Waals surface area contributed by atoms with Crippen LogP contribution in [0.1, 0.15) is 54.4 Å². The minimum atomic E-state index is -0.225. The van der Waals surface area contributed by atoms with Crippen LogP contribution < -0.4 is 30.2 Å². The number of hydrogen-bond donors (Lipinski definition) is 3. The second kappa shape index (κ2) is 20.9. The van der Waals surface area contributed by atoms with E-state index in [1.165, 1.54) is 18.2 Å². The van der Waals surface area contributed by atoms with Crippen molar-refractivity contribution in [2.45, 2.75) is 38.5 Å². The summed E-state index contributed by atoms with van der Waals surface area (Å²) in [4.78, 5) is 47.2. The highest BCUT2D eigenvalue weighted by Crippen LogP contribution is 2.28. The molecule has 2 aromatic rings. The van der Waals surface area contributed by atoms with Gasteiger partial charge < -0.3 is 30.2 Å². The van der Waals surface area contributed by atoms with E-state index in [4.69, 9.17) is 14.2 Å². The molecule has 2 aromatic carbocycles. The van der Waals surface area contributed by atoms with E-state index in [0.717, 1.165) is 25.7 Å². The second-order valence-corrected chi connectivity index (χ2v) is 9.66. The van der Waals surface area contributed by atoms with Crippen LogP contribution in [0, 0.1) is 0 Å². The maximum atomic E-state index is 13.5. The molecule has 3 N–H and O–H groups in total. The van der Waals surface area contributed by atoms with E-state index in [0.29, 0.717) is 80.7 Å². The molecule has 0 radical (unpaired) electrons. The van der Waals surface area contributed by atoms with E-state index in [9.17, 15) is 19.2 Å². The first-order valence-corrected chi connectivity index (χ1v) is 14.8. The zero-order chi connectivity index (χ0) is 32.0. The average Bonchev–Trinajstić information content (AvgIpc) is 3.05. The van der Waals surface area contributed by atoms with Gasteiger partial charge in [-0.1, -0.05) is 19.7 Å². The Hall–Kier alpha value is -4.86. The van der Waals surface area contributed by atoms with Crippen molar-refractivity contribution in [3.8, 4) is 17.2 Å². The molecule has 0 aliphatic heterocycles. The summed E-state index contributed by atoms with van der Waals surface area (Å²) in [5, 5.41) is 8.18. The fraction of sp³-hybridized carbons (Fsp3) is 0.353. The van der Waals surface area contributed by atoms with Gasteiger partial charge in [0.25, 0.3) is 0 Å². The second-order valence-electron chi connectivity index (χ2n) is 9.66. The van der Waals surface area contributed by atoms with Crippen LogP contribution in [0.2, 0.25) is 0 Å². The molecule has 0 unspecified atom stereocenters. The monoisotopic (exact) mass is 605 g/mol. The highest BCUT2D eigenvalue weighted by molar-refractivity contribution is 6.10. The van der Waals surface area contributed by atoms with Gasteiger partial charge in [-0.15, -0.1) is 0 Å². The molecule has 44 heavy (non-hydrogen) atoms. The molecule has 0 fully saturated rings. The van der Waals surface area contributed by atoms with Gasteiger partial charge in [-0.3, -0.25) is 19.2 Å². The number of ether oxygens (including phenoxy) is 3. The van der Waals surface area contributed by atoms with Crippen LogP contribution in [0.3, 0.4) is 0 Å². The van der Waals surface area contributed by atoms with E-state index in [2.05, 4.69) is 35.7 Å². The third kappa shape index (κ3) is 13.9. The lowest BCUT2D eigenvalue weighted by Crippen LogP contribution is -2.22. The van der Waals surface area contributed by atoms with E-state index < -0.39 is 0 Å². The summed E-state index contributed by atoms with van der Waals surface area (Å²) in [6, 6.07) is 12.1. The van der Waals surface area contributed by atoms with Crippen molar-refractivity contribution in [2.75, 3.05) is 39.5 Å². The van der Waals surface area contributed by atoms with E-state index in [1.54, 1.807) is 42.5 Å². The smallest absolute Gasteiger partial charge is 0.243 e. The molecule has 0 aliphatic carbocycles. The molecule has 0 aromatic heterocycles. The number of ketones is 1. The molecule has 10 nitrogen and oxygen atoms in total. The molecule has 0 spiro atoms. The third-order valence-corrected chi connectivity index (χ3v) is 6.28. The fourth-order valence-corrected chi connectivity index (χ4v) is 3.85. The SMILES string of the molecule is C=CC(=O)NCCCCOc1ccc(C(=O)c2ccc(OCCCCNC(=O)C=C)cc2OCCCCNC(=O)C=C)cc1. The van der Waals surface area contributed by atoms with Gasteiger partial charge in [-0.2, -0.15) is 0 Å². The number of carbonyl (C=O) groups excluding carboxylic acids is 4. The largest absolute Gasteiger partial charge is 0.494 e. The van der Waals surface area contributed by atoms with Crippen molar-refractivity contribution in [3.63, 3.8) is 0 Å². The summed E-state index contributed by atoms with van der Waals surface area (Å²) in [6.07, 6.45) is 8.08. The standard InChI is InChI=1S/C34H43N3O7/c1-4-31(38)35-19-7-10-22-42-27-15-13-26(14-16-27)34(41)29-18-17-28(43-23-11-8-20-36-32(39)5-2)25-30(29)44-24-12-9-21-37-33(40)6-3/h4-6,13-18,25H,1-3,7-12,19-24H2,(H,35,38)(H,36,39)(H,37,40). The fourth-order valence-electron chi connectivity index (χ4n) is 3.85. The molecule has 0 atom stereocenters. The normalized spacial score (nSPS) is 10.2. The van der Waals surface area contributed by atoms with Crippen molar-refractivity contribution < 1.29 is 33.4 Å². The summed E-state index contributed by atoms with van der Waals surface area (Å²) in [5.74, 6) is 0.789. The minimum absolute atomic E-state index is 0.195. The Labute approximate surface area is 259 Å². The number of nitrogens with one attached hydrogen (secondary N) is 3. The molecule has 10 heteroatoms. The van der Waals surface area contributed by atoms with Gasteiger partial charge in [0.05, 0.1) is 25.4 Å². The van der Waals surface area contributed by atoms with E-state index in [-0.39, 0.29) is 23.5 Å². The molecular weight excluding hydrogens is 562 g/mol. The van der Waals surface area contributed by atoms with E-state index >= 15 is 0 Å². The highest BCUT2D eigenvalue weighted by atomic mass is 16.5. The summed E-state index contributed by atoms with van der Waals surface area (Å²) in [6.45, 7) is 13.1. The molecule has 3 amide bonds. The molecule has 0 saturated heterocycles. The Kier molecular flexibility index (Phi) is 16.8. The summed E-state index contributed by atoms with van der Waals surface area (Å²) in [7, 11) is 0. The van der Waals surface area contributed by atoms with Gasteiger partial charge in [0, 0.05) is 31.3 Å². The van der Waals surface area contributed by atoms with Crippen LogP contribution in [0.5, 0.6) is 17.2 Å². The Balaban J connectivity index is 1.97. The zero-order valence-electron chi connectivity index (χ0n) is 25.2. The molecular formula is C34H43N3O7. The van der Waals surface area contributed by atoms with Crippen LogP contribution in [-0.4, -0.2) is 63.0 Å². The number of hydrogen-bond acceptors (Lipinski definition) is 7. The minimum Gasteiger partial charge on any atom is -0.494 e. The third-order valence-electron chi connectivity index (χ3n) is 6.28. The molecule has 2 rings (SSSR count). The van der Waals surface area contributed by atoms with E-state index in [1.807, 2.05) is 0 Å². The summed E-state index contributed by atoms with van der Waals surface area (Å²) in [5.41, 5.74) is 0.886. The van der Waals surface area contributed by atoms with Gasteiger partial charge in [0.15, 0.2) is 5.78 Å². The molecule has 0 saturated carbocycles. The molecule has 0 bridgehead atoms. The van der Waals surface area contributed by atoms with Crippen LogP contribution in [0.15, 0.2) is 80.4 Å². The molecule has 236 valence electrons. The quantitative estimate of drug-likeness (QED) is 0.0978. The summed E-state index contributed by atoms with van der Waals surface area (Å²) < 4.78 is 17.7. The maximum Gasteiger partial charge on any atom is 0.243 e. The van der Waals surface area contributed by atoms with Crippen molar-refractivity contribution in [3.05, 3.63) is 91.6 Å². The van der Waals surface area contributed by atoms with Crippen molar-refractivity contribution in [2.24, 2.45) is 0 Å². The lowest BCUT2D eigenvalue weighted by molar-refractivity contribution is -0.117. The predicted octanol–water partition coefficient (Wildman–Crippen LogP) is 4.30. The van der Waals surface area contributed by atoms with Crippen molar-refractivity contribution in [1.29, 1.82) is 0 Å². The lowest BCUT2D eigenvalue weighted by Gasteiger charge is -2.14. The van der Waals surface area contributed by atoms with Gasteiger partial charge in [-0.25, -0.2) is 0 Å². The zero-order valence-corrected chi connectivity index (χ0v) is 25.2. The number of unbranched alkanes of at least 4 members (excludes halogenated alkanes) is 3. The number of carbonyl (C=O) groups is 4. The average molecular weight is 606 g/mol. The molecule has 0 heterocycles. The predicted molar refractivity (Wildman–Crippen MR) is 170 cm³/mol. The van der Waals surface area contributed by atoms with Gasteiger partial charge in [-0.05, 0) is 93.2 Å². The molecule has 0 aliphatic rings. The first-order chi connectivity index (χ1) is 21.4. The van der Waals surface area contributed by atoms with Crippen molar-refractivity contribution in [1.82, 2.24) is 16.0 Å². The Bertz CT molecular complexity index is 1260. The Morgan fingerprint density at radius 1 is 0.568 bits per heavy atom. The number of amides is 3. The van der Waals surface area contributed by atoms with Crippen molar-refractivity contribution >= 4 is 23.5 Å². The van der Waals surface area contributed by atoms with Crippen LogP contribution >= 0.6 is 0 Å². The van der Waals surface area contributed by atoms with Gasteiger partial charge >= 0.3 is 0 Å². The number of rotatable bonds is 23. The highest BCUT2D eigenvalue weighted by Gasteiger charge is 2.16. The lowest BCUT2D eigenvalue weighted by atomic mass is 10.0. The maximum absolute atomic E-state index is 13.5. The Morgan fingerprint density at radius 3 is 1.48 bits per heavy atom. The van der Waals surface area contributed by atoms with Crippen LogP contribution in [0.4, 0.5) is 0 Å². The Morgan fingerprint density at radius 2 is 1.00 bits per heavy atom. The van der Waals surface area contributed by atoms with Crippen LogP contribution in [0.25, 0.3) is 0 Å². The first-order valence-electron chi connectivity index (χ1n) is 14.8. The summed E-state index contributed by atoms with van der Waals surface area (Å²) >= 11 is 0. The van der Waals surface area contributed by atoms with Gasteiger partial charge in [0.2, 0.25) is 17.7 Å². The van der Waals surface area contributed by atoms with Gasteiger partial charge in [0.1, 0.15) is 17.2 Å².